The Morgan fingerprint density at radius 3 is 3.00 bits per heavy atom. The zero-order valence-corrected chi connectivity index (χ0v) is 9.10. The molecule has 3 aliphatic rings. The molecule has 4 rings (SSSR count). The van der Waals surface area contributed by atoms with Crippen LogP contribution in [0.2, 0.25) is 0 Å². The first-order chi connectivity index (χ1) is 8.33. The van der Waals surface area contributed by atoms with Crippen molar-refractivity contribution in [2.24, 2.45) is 15.0 Å². The Morgan fingerprint density at radius 2 is 2.06 bits per heavy atom. The quantitative estimate of drug-likeness (QED) is 0.649. The predicted molar refractivity (Wildman–Crippen MR) is 62.7 cm³/mol. The maximum absolute atomic E-state index is 11.8. The van der Waals surface area contributed by atoms with Crippen LogP contribution in [0.15, 0.2) is 32.8 Å². The molecule has 0 saturated carbocycles. The van der Waals surface area contributed by atoms with E-state index in [-0.39, 0.29) is 5.78 Å². The number of ketones is 1. The van der Waals surface area contributed by atoms with Crippen molar-refractivity contribution in [3.05, 3.63) is 34.1 Å². The molecule has 1 aromatic carbocycles. The van der Waals surface area contributed by atoms with Gasteiger partial charge in [0.15, 0.2) is 5.78 Å². The number of aliphatic imine (C=N–C) groups is 1. The largest absolute Gasteiger partial charge is 0.292 e. The summed E-state index contributed by atoms with van der Waals surface area (Å²) in [5, 5.41) is 1.75. The molecule has 0 N–H and O–H groups in total. The maximum Gasteiger partial charge on any atom is 0.181 e. The van der Waals surface area contributed by atoms with E-state index in [9.17, 15) is 4.79 Å². The van der Waals surface area contributed by atoms with Gasteiger partial charge in [-0.25, -0.2) is 15.0 Å². The number of rotatable bonds is 0. The van der Waals surface area contributed by atoms with Gasteiger partial charge in [-0.15, -0.1) is 0 Å². The molecule has 1 aromatic rings. The third-order valence-electron chi connectivity index (χ3n) is 3.42. The van der Waals surface area contributed by atoms with Gasteiger partial charge < -0.3 is 0 Å². The van der Waals surface area contributed by atoms with Gasteiger partial charge in [-0.05, 0) is 30.5 Å². The van der Waals surface area contributed by atoms with E-state index in [4.69, 9.17) is 0 Å². The third kappa shape index (κ3) is 1.12. The summed E-state index contributed by atoms with van der Waals surface area (Å²) < 4.78 is 0. The Hall–Kier alpha value is -2.10. The second-order valence-corrected chi connectivity index (χ2v) is 4.45. The number of fused-ring (bicyclic) bond motifs is 3. The van der Waals surface area contributed by atoms with Crippen molar-refractivity contribution in [2.75, 3.05) is 0 Å². The molecule has 2 heterocycles. The van der Waals surface area contributed by atoms with Gasteiger partial charge in [0.25, 0.3) is 0 Å². The average Bonchev–Trinajstić information content (AvgIpc) is 2.90. The second-order valence-electron chi connectivity index (χ2n) is 4.45. The van der Waals surface area contributed by atoms with Crippen LogP contribution in [0.1, 0.15) is 24.8 Å². The van der Waals surface area contributed by atoms with Crippen LogP contribution in [0.25, 0.3) is 5.57 Å². The SMILES string of the molecule is O=C1CCCC2=C1N=c1cc3c(cc12)=NC=N3. The summed E-state index contributed by atoms with van der Waals surface area (Å²) in [4.78, 5) is 24.6. The van der Waals surface area contributed by atoms with Crippen LogP contribution in [-0.4, -0.2) is 12.1 Å². The highest BCUT2D eigenvalue weighted by molar-refractivity contribution is 6.04. The van der Waals surface area contributed by atoms with Gasteiger partial charge in [0, 0.05) is 12.0 Å². The average molecular weight is 223 g/mol. The van der Waals surface area contributed by atoms with E-state index >= 15 is 0 Å². The van der Waals surface area contributed by atoms with Crippen molar-refractivity contribution in [2.45, 2.75) is 19.3 Å². The molecule has 17 heavy (non-hydrogen) atoms. The molecule has 0 bridgehead atoms. The Kier molecular flexibility index (Phi) is 1.57. The Balaban J connectivity index is 2.03. The number of benzene rings is 1. The fraction of sp³-hybridized carbons (Fsp3) is 0.231. The first kappa shape index (κ1) is 8.98. The van der Waals surface area contributed by atoms with Crippen LogP contribution < -0.4 is 10.7 Å². The number of allylic oxidation sites excluding steroid dienone is 2. The van der Waals surface area contributed by atoms with Crippen molar-refractivity contribution in [3.8, 4) is 0 Å². The topological polar surface area (TPSA) is 54.1 Å². The zero-order valence-electron chi connectivity index (χ0n) is 9.10. The third-order valence-corrected chi connectivity index (χ3v) is 3.42. The maximum atomic E-state index is 11.8. The number of Topliss-reactive ketones (excluding diaryl/α,β-unsaturated/α-hetero) is 1. The van der Waals surface area contributed by atoms with Gasteiger partial charge in [-0.1, -0.05) is 0 Å². The van der Waals surface area contributed by atoms with Crippen molar-refractivity contribution in [1.82, 2.24) is 0 Å². The van der Waals surface area contributed by atoms with Crippen LogP contribution in [0.4, 0.5) is 5.69 Å². The molecule has 0 amide bonds. The molecule has 4 heteroatoms. The fourth-order valence-electron chi connectivity index (χ4n) is 2.60. The molecule has 0 radical (unpaired) electrons. The Morgan fingerprint density at radius 1 is 1.12 bits per heavy atom. The van der Waals surface area contributed by atoms with Crippen molar-refractivity contribution < 1.29 is 4.79 Å². The van der Waals surface area contributed by atoms with Crippen LogP contribution in [-0.2, 0) is 4.79 Å². The minimum absolute atomic E-state index is 0.169. The van der Waals surface area contributed by atoms with E-state index in [1.807, 2.05) is 12.1 Å². The molecule has 82 valence electrons. The van der Waals surface area contributed by atoms with Crippen molar-refractivity contribution in [1.29, 1.82) is 0 Å². The van der Waals surface area contributed by atoms with E-state index in [2.05, 4.69) is 15.0 Å². The lowest BCUT2D eigenvalue weighted by Gasteiger charge is -2.11. The normalized spacial score (nSPS) is 19.6. The first-order valence-electron chi connectivity index (χ1n) is 5.73. The summed E-state index contributed by atoms with van der Waals surface area (Å²) in [6.07, 6.45) is 4.05. The smallest absolute Gasteiger partial charge is 0.181 e. The minimum atomic E-state index is 0.169. The summed E-state index contributed by atoms with van der Waals surface area (Å²) in [6.45, 7) is 0. The number of nitrogens with zero attached hydrogens (tertiary/aromatic N) is 3. The van der Waals surface area contributed by atoms with Crippen molar-refractivity contribution >= 4 is 23.4 Å². The summed E-state index contributed by atoms with van der Waals surface area (Å²) >= 11 is 0. The molecular weight excluding hydrogens is 214 g/mol. The predicted octanol–water partition coefficient (Wildman–Crippen LogP) is 1.08. The molecule has 4 nitrogen and oxygen atoms in total. The zero-order chi connectivity index (χ0) is 11.4. The summed E-state index contributed by atoms with van der Waals surface area (Å²) in [7, 11) is 0. The van der Waals surface area contributed by atoms with E-state index in [0.717, 1.165) is 40.4 Å². The van der Waals surface area contributed by atoms with Crippen LogP contribution in [0.3, 0.4) is 0 Å². The molecule has 0 fully saturated rings. The Bertz CT molecular complexity index is 741. The van der Waals surface area contributed by atoms with Gasteiger partial charge in [0.2, 0.25) is 0 Å². The van der Waals surface area contributed by atoms with Gasteiger partial charge in [-0.2, -0.15) is 0 Å². The van der Waals surface area contributed by atoms with Gasteiger partial charge in [0.05, 0.1) is 16.4 Å². The molecule has 0 spiro atoms. The monoisotopic (exact) mass is 223 g/mol. The van der Waals surface area contributed by atoms with E-state index in [1.165, 1.54) is 0 Å². The van der Waals surface area contributed by atoms with Crippen molar-refractivity contribution in [3.63, 3.8) is 0 Å². The Labute approximate surface area is 97.1 Å². The van der Waals surface area contributed by atoms with Gasteiger partial charge >= 0.3 is 0 Å². The lowest BCUT2D eigenvalue weighted by atomic mass is 9.92. The second kappa shape index (κ2) is 2.97. The molecule has 0 atom stereocenters. The first-order valence-corrected chi connectivity index (χ1v) is 5.73. The molecule has 1 aliphatic carbocycles. The molecule has 0 aromatic heterocycles. The number of carbonyl (C=O) groups is 1. The van der Waals surface area contributed by atoms with Gasteiger partial charge in [0.1, 0.15) is 12.0 Å². The van der Waals surface area contributed by atoms with Crippen LogP contribution in [0, 0.1) is 0 Å². The van der Waals surface area contributed by atoms with E-state index in [0.29, 0.717) is 12.1 Å². The molecular formula is C13H9N3O. The van der Waals surface area contributed by atoms with E-state index in [1.54, 1.807) is 6.34 Å². The highest BCUT2D eigenvalue weighted by Crippen LogP contribution is 2.32. The van der Waals surface area contributed by atoms with Crippen LogP contribution in [0.5, 0.6) is 0 Å². The minimum Gasteiger partial charge on any atom is -0.292 e. The highest BCUT2D eigenvalue weighted by Gasteiger charge is 2.26. The number of hydrogen-bond acceptors (Lipinski definition) is 4. The number of carbonyl (C=O) groups excluding carboxylic acids is 1. The molecule has 2 aliphatic heterocycles. The lowest BCUT2D eigenvalue weighted by molar-refractivity contribution is -0.115. The van der Waals surface area contributed by atoms with Gasteiger partial charge in [-0.3, -0.25) is 4.79 Å². The summed E-state index contributed by atoms with van der Waals surface area (Å²) in [5.74, 6) is 0.169. The highest BCUT2D eigenvalue weighted by atomic mass is 16.1. The summed E-state index contributed by atoms with van der Waals surface area (Å²) in [5.41, 5.74) is 3.68. The molecule has 0 saturated heterocycles. The fourth-order valence-corrected chi connectivity index (χ4v) is 2.60. The van der Waals surface area contributed by atoms with Crippen LogP contribution >= 0.6 is 0 Å². The number of hydrogen-bond donors (Lipinski definition) is 0. The van der Waals surface area contributed by atoms with E-state index < -0.39 is 0 Å². The summed E-state index contributed by atoms with van der Waals surface area (Å²) in [6, 6.07) is 3.92. The standard InChI is InChI=1S/C13H9N3O/c17-12-3-1-2-7-8-4-10-11(15-6-14-10)5-9(8)16-13(7)12/h4-6H,1-3H2. The lowest BCUT2D eigenvalue weighted by Crippen LogP contribution is -2.12. The molecule has 0 unspecified atom stereocenters.